The summed E-state index contributed by atoms with van der Waals surface area (Å²) in [7, 11) is 0. The van der Waals surface area contributed by atoms with Crippen LogP contribution in [0.2, 0.25) is 0 Å². The van der Waals surface area contributed by atoms with Gasteiger partial charge in [-0.05, 0) is 49.4 Å². The van der Waals surface area contributed by atoms with Crippen LogP contribution >= 0.6 is 0 Å². The van der Waals surface area contributed by atoms with Crippen LogP contribution in [0.25, 0.3) is 0 Å². The van der Waals surface area contributed by atoms with Crippen molar-refractivity contribution in [2.75, 3.05) is 13.2 Å². The van der Waals surface area contributed by atoms with Gasteiger partial charge in [-0.25, -0.2) is 0 Å². The maximum atomic E-state index is 10.3. The minimum Gasteiger partial charge on any atom is -0.466 e. The Balaban J connectivity index is 0. The Morgan fingerprint density at radius 2 is 1.41 bits per heavy atom. The highest BCUT2D eigenvalue weighted by atomic mass is 16.5. The summed E-state index contributed by atoms with van der Waals surface area (Å²) >= 11 is 0. The van der Waals surface area contributed by atoms with E-state index in [1.165, 1.54) is 26.7 Å². The van der Waals surface area contributed by atoms with Gasteiger partial charge in [-0.1, -0.05) is 55.4 Å². The molecule has 3 atom stereocenters. The van der Waals surface area contributed by atoms with Crippen LogP contribution in [0.3, 0.4) is 0 Å². The van der Waals surface area contributed by atoms with E-state index in [1.54, 1.807) is 0 Å². The van der Waals surface area contributed by atoms with Crippen molar-refractivity contribution >= 4 is 11.9 Å². The van der Waals surface area contributed by atoms with Crippen molar-refractivity contribution in [2.24, 2.45) is 29.6 Å². The Bertz CT molecular complexity index is 405. The van der Waals surface area contributed by atoms with Crippen LogP contribution in [0.1, 0.15) is 89.0 Å². The van der Waals surface area contributed by atoms with Gasteiger partial charge >= 0.3 is 11.9 Å². The molecular formula is C24H48O5. The molecule has 0 aromatic rings. The Morgan fingerprint density at radius 1 is 0.862 bits per heavy atom. The molecule has 1 rings (SSSR count). The van der Waals surface area contributed by atoms with E-state index < -0.39 is 0 Å². The van der Waals surface area contributed by atoms with Crippen molar-refractivity contribution in [3.63, 3.8) is 0 Å². The van der Waals surface area contributed by atoms with E-state index in [0.717, 1.165) is 18.4 Å². The lowest BCUT2D eigenvalue weighted by Gasteiger charge is -2.33. The molecule has 1 aliphatic rings. The van der Waals surface area contributed by atoms with Crippen LogP contribution in [0.15, 0.2) is 0 Å². The Labute approximate surface area is 180 Å². The first-order valence-electron chi connectivity index (χ1n) is 11.2. The first kappa shape index (κ1) is 30.1. The highest BCUT2D eigenvalue weighted by Gasteiger charge is 2.25. The molecule has 0 bridgehead atoms. The van der Waals surface area contributed by atoms with Crippen molar-refractivity contribution in [3.8, 4) is 0 Å². The molecule has 1 heterocycles. The molecule has 0 radical (unpaired) electrons. The lowest BCUT2D eigenvalue weighted by atomic mass is 9.86. The smallest absolute Gasteiger partial charge is 0.302 e. The largest absolute Gasteiger partial charge is 0.466 e. The van der Waals surface area contributed by atoms with E-state index in [-0.39, 0.29) is 18.0 Å². The minimum atomic E-state index is -0.198. The summed E-state index contributed by atoms with van der Waals surface area (Å²) in [5.74, 6) is 2.75. The third-order valence-electron chi connectivity index (χ3n) is 4.94. The zero-order valence-corrected chi connectivity index (χ0v) is 20.9. The zero-order chi connectivity index (χ0) is 23.1. The van der Waals surface area contributed by atoms with E-state index in [0.29, 0.717) is 30.5 Å². The van der Waals surface area contributed by atoms with Crippen LogP contribution in [-0.2, 0) is 23.8 Å². The highest BCUT2D eigenvalue weighted by Crippen LogP contribution is 2.27. The Morgan fingerprint density at radius 3 is 1.62 bits per heavy atom. The van der Waals surface area contributed by atoms with Crippen molar-refractivity contribution < 1.29 is 23.8 Å². The minimum absolute atomic E-state index is 0.0440. The van der Waals surface area contributed by atoms with Crippen LogP contribution in [-0.4, -0.2) is 37.4 Å². The van der Waals surface area contributed by atoms with Gasteiger partial charge in [0.05, 0.1) is 19.3 Å². The standard InChI is InChI=1S/C11H22O.C7H14O2.C6H12O2/c1-8(2)10-5-6-11(9(3)4)12-7-10;1-5(2)6(3)9-7(4)8;1-5(2)4-8-6(3)7/h8-11H,5-7H2,1-4H3;5-6H,1-4H3;5H,4H2,1-3H3. The quantitative estimate of drug-likeness (QED) is 0.505. The number of esters is 2. The Kier molecular flexibility index (Phi) is 17.3. The molecule has 5 heteroatoms. The lowest BCUT2D eigenvalue weighted by molar-refractivity contribution is -0.147. The van der Waals surface area contributed by atoms with Gasteiger partial charge in [-0.3, -0.25) is 9.59 Å². The fraction of sp³-hybridized carbons (Fsp3) is 0.917. The molecule has 0 spiro atoms. The molecule has 3 unspecified atom stereocenters. The molecule has 0 aliphatic carbocycles. The second-order valence-corrected chi connectivity index (χ2v) is 9.45. The first-order chi connectivity index (χ1) is 13.3. The van der Waals surface area contributed by atoms with Gasteiger partial charge in [0.25, 0.3) is 0 Å². The number of hydrogen-bond acceptors (Lipinski definition) is 5. The van der Waals surface area contributed by atoms with E-state index in [4.69, 9.17) is 9.47 Å². The summed E-state index contributed by atoms with van der Waals surface area (Å²) in [4.78, 5) is 20.5. The van der Waals surface area contributed by atoms with Gasteiger partial charge < -0.3 is 14.2 Å². The SMILES string of the molecule is CC(=O)OC(C)C(C)C.CC(=O)OCC(C)C.CC(C)C1CCC(C(C)C)OC1. The van der Waals surface area contributed by atoms with E-state index in [1.807, 2.05) is 34.6 Å². The fourth-order valence-electron chi connectivity index (χ4n) is 2.53. The first-order valence-corrected chi connectivity index (χ1v) is 11.2. The summed E-state index contributed by atoms with van der Waals surface area (Å²) in [5.41, 5.74) is 0. The van der Waals surface area contributed by atoms with Crippen molar-refractivity contribution in [1.82, 2.24) is 0 Å². The topological polar surface area (TPSA) is 61.8 Å². The Hall–Kier alpha value is -1.10. The molecule has 1 saturated heterocycles. The summed E-state index contributed by atoms with van der Waals surface area (Å²) in [6, 6.07) is 0. The van der Waals surface area contributed by atoms with Gasteiger partial charge in [-0.2, -0.15) is 0 Å². The van der Waals surface area contributed by atoms with Gasteiger partial charge in [0.15, 0.2) is 0 Å². The van der Waals surface area contributed by atoms with Gasteiger partial charge in [-0.15, -0.1) is 0 Å². The number of ether oxygens (including phenoxy) is 3. The number of carbonyl (C=O) groups is 2. The maximum Gasteiger partial charge on any atom is 0.302 e. The molecule has 0 N–H and O–H groups in total. The van der Waals surface area contributed by atoms with E-state index in [9.17, 15) is 9.59 Å². The number of rotatable bonds is 6. The fourth-order valence-corrected chi connectivity index (χ4v) is 2.53. The molecule has 0 saturated carbocycles. The molecule has 5 nitrogen and oxygen atoms in total. The van der Waals surface area contributed by atoms with Gasteiger partial charge in [0.1, 0.15) is 6.10 Å². The van der Waals surface area contributed by atoms with E-state index >= 15 is 0 Å². The highest BCUT2D eigenvalue weighted by molar-refractivity contribution is 5.66. The van der Waals surface area contributed by atoms with Crippen molar-refractivity contribution in [2.45, 2.75) is 101 Å². The molecular weight excluding hydrogens is 368 g/mol. The van der Waals surface area contributed by atoms with Crippen molar-refractivity contribution in [1.29, 1.82) is 0 Å². The second-order valence-electron chi connectivity index (χ2n) is 9.45. The van der Waals surface area contributed by atoms with Gasteiger partial charge in [0.2, 0.25) is 0 Å². The summed E-state index contributed by atoms with van der Waals surface area (Å²) in [6.45, 7) is 23.4. The molecule has 0 aromatic carbocycles. The molecule has 29 heavy (non-hydrogen) atoms. The molecule has 174 valence electrons. The van der Waals surface area contributed by atoms with Crippen molar-refractivity contribution in [3.05, 3.63) is 0 Å². The molecule has 1 fully saturated rings. The van der Waals surface area contributed by atoms with E-state index in [2.05, 4.69) is 32.4 Å². The predicted octanol–water partition coefficient (Wildman–Crippen LogP) is 5.89. The van der Waals surface area contributed by atoms with Crippen LogP contribution in [0.5, 0.6) is 0 Å². The maximum absolute atomic E-state index is 10.3. The third kappa shape index (κ3) is 18.7. The van der Waals surface area contributed by atoms with Crippen LogP contribution in [0.4, 0.5) is 0 Å². The number of carbonyl (C=O) groups excluding carboxylic acids is 2. The number of hydrogen-bond donors (Lipinski definition) is 0. The molecule has 0 aromatic heterocycles. The zero-order valence-electron chi connectivity index (χ0n) is 20.9. The average Bonchev–Trinajstić information content (AvgIpc) is 2.60. The second kappa shape index (κ2) is 16.7. The van der Waals surface area contributed by atoms with Crippen LogP contribution in [0, 0.1) is 29.6 Å². The van der Waals surface area contributed by atoms with Gasteiger partial charge in [0, 0.05) is 13.8 Å². The molecule has 0 amide bonds. The third-order valence-corrected chi connectivity index (χ3v) is 4.94. The molecule has 1 aliphatic heterocycles. The predicted molar refractivity (Wildman–Crippen MR) is 120 cm³/mol. The summed E-state index contributed by atoms with van der Waals surface area (Å²) in [5, 5.41) is 0. The summed E-state index contributed by atoms with van der Waals surface area (Å²) < 4.78 is 15.4. The normalized spacial score (nSPS) is 19.8. The lowest BCUT2D eigenvalue weighted by Crippen LogP contribution is -2.31. The summed E-state index contributed by atoms with van der Waals surface area (Å²) in [6.07, 6.45) is 3.20. The van der Waals surface area contributed by atoms with Crippen LogP contribution < -0.4 is 0 Å². The monoisotopic (exact) mass is 416 g/mol. The average molecular weight is 417 g/mol.